The molecule has 0 rings (SSSR count). The van der Waals surface area contributed by atoms with E-state index in [1.165, 1.54) is 6.42 Å². The zero-order valence-corrected chi connectivity index (χ0v) is 15.3. The standard InChI is InChI=1S/C16H41N7/c1-3-16(2)23-15-14-22-13-12-21-11-10-20-9-8-19-7-6-18-5-4-17/h16,18-23H,3-15,17H2,1-2H3. The van der Waals surface area contributed by atoms with E-state index in [0.717, 1.165) is 72.0 Å². The largest absolute Gasteiger partial charge is 0.329 e. The van der Waals surface area contributed by atoms with Crippen LogP contribution in [-0.4, -0.2) is 84.6 Å². The predicted molar refractivity (Wildman–Crippen MR) is 101 cm³/mol. The third-order valence-electron chi connectivity index (χ3n) is 3.64. The Balaban J connectivity index is 2.97. The monoisotopic (exact) mass is 331 g/mol. The smallest absolute Gasteiger partial charge is 0.00792 e. The van der Waals surface area contributed by atoms with Gasteiger partial charge in [-0.05, 0) is 13.3 Å². The Kier molecular flexibility index (Phi) is 19.5. The van der Waals surface area contributed by atoms with Crippen LogP contribution in [0, 0.1) is 0 Å². The van der Waals surface area contributed by atoms with Gasteiger partial charge in [0.1, 0.15) is 0 Å². The van der Waals surface area contributed by atoms with Gasteiger partial charge in [-0.1, -0.05) is 6.92 Å². The number of rotatable bonds is 19. The maximum atomic E-state index is 5.40. The van der Waals surface area contributed by atoms with Crippen LogP contribution >= 0.6 is 0 Å². The lowest BCUT2D eigenvalue weighted by Crippen LogP contribution is -2.38. The molecule has 0 radical (unpaired) electrons. The van der Waals surface area contributed by atoms with Gasteiger partial charge in [-0.25, -0.2) is 0 Å². The van der Waals surface area contributed by atoms with Crippen molar-refractivity contribution in [2.45, 2.75) is 26.3 Å². The van der Waals surface area contributed by atoms with Gasteiger partial charge in [-0.3, -0.25) is 0 Å². The number of nitrogens with two attached hydrogens (primary N) is 1. The van der Waals surface area contributed by atoms with Crippen molar-refractivity contribution in [1.29, 1.82) is 0 Å². The second kappa shape index (κ2) is 19.8. The Morgan fingerprint density at radius 2 is 0.957 bits per heavy atom. The molecule has 0 aliphatic heterocycles. The van der Waals surface area contributed by atoms with Crippen molar-refractivity contribution in [3.8, 4) is 0 Å². The fourth-order valence-corrected chi connectivity index (χ4v) is 1.99. The lowest BCUT2D eigenvalue weighted by Gasteiger charge is -2.12. The molecule has 0 bridgehead atoms. The normalized spacial score (nSPS) is 12.7. The minimum atomic E-state index is 0.623. The molecule has 0 aromatic carbocycles. The van der Waals surface area contributed by atoms with Crippen LogP contribution in [-0.2, 0) is 0 Å². The van der Waals surface area contributed by atoms with Crippen molar-refractivity contribution >= 4 is 0 Å². The second-order valence-corrected chi connectivity index (χ2v) is 5.80. The van der Waals surface area contributed by atoms with Crippen LogP contribution in [0.2, 0.25) is 0 Å². The van der Waals surface area contributed by atoms with E-state index < -0.39 is 0 Å². The molecule has 23 heavy (non-hydrogen) atoms. The molecule has 7 nitrogen and oxygen atoms in total. The maximum absolute atomic E-state index is 5.40. The molecule has 0 fully saturated rings. The van der Waals surface area contributed by atoms with Crippen molar-refractivity contribution in [2.24, 2.45) is 5.73 Å². The van der Waals surface area contributed by atoms with E-state index in [9.17, 15) is 0 Å². The summed E-state index contributed by atoms with van der Waals surface area (Å²) in [5, 5.41) is 20.4. The van der Waals surface area contributed by atoms with Gasteiger partial charge < -0.3 is 37.6 Å². The second-order valence-electron chi connectivity index (χ2n) is 5.80. The summed E-state index contributed by atoms with van der Waals surface area (Å²) in [4.78, 5) is 0. The first-order chi connectivity index (χ1) is 11.3. The molecule has 1 atom stereocenters. The van der Waals surface area contributed by atoms with Gasteiger partial charge in [-0.2, -0.15) is 0 Å². The van der Waals surface area contributed by atoms with Crippen LogP contribution < -0.4 is 37.6 Å². The fourth-order valence-electron chi connectivity index (χ4n) is 1.99. The van der Waals surface area contributed by atoms with Gasteiger partial charge in [0.15, 0.2) is 0 Å². The quantitative estimate of drug-likeness (QED) is 0.141. The van der Waals surface area contributed by atoms with Crippen molar-refractivity contribution in [1.82, 2.24) is 31.9 Å². The van der Waals surface area contributed by atoms with Crippen molar-refractivity contribution in [2.75, 3.05) is 78.5 Å². The van der Waals surface area contributed by atoms with E-state index in [1.54, 1.807) is 0 Å². The Bertz CT molecular complexity index is 217. The van der Waals surface area contributed by atoms with E-state index in [0.29, 0.717) is 12.6 Å². The molecule has 0 aromatic heterocycles. The minimum absolute atomic E-state index is 0.623. The van der Waals surface area contributed by atoms with Crippen LogP contribution in [0.3, 0.4) is 0 Å². The van der Waals surface area contributed by atoms with E-state index in [1.807, 2.05) is 0 Å². The van der Waals surface area contributed by atoms with Crippen molar-refractivity contribution < 1.29 is 0 Å². The molecule has 7 heteroatoms. The summed E-state index contributed by atoms with van der Waals surface area (Å²) in [6.07, 6.45) is 1.19. The topological polar surface area (TPSA) is 98.2 Å². The first-order valence-electron chi connectivity index (χ1n) is 9.28. The van der Waals surface area contributed by atoms with Crippen LogP contribution in [0.25, 0.3) is 0 Å². The average Bonchev–Trinajstić information content (AvgIpc) is 2.57. The first-order valence-corrected chi connectivity index (χ1v) is 9.28. The molecule has 0 heterocycles. The minimum Gasteiger partial charge on any atom is -0.329 e. The zero-order chi connectivity index (χ0) is 17.0. The highest BCUT2D eigenvalue weighted by molar-refractivity contribution is 4.60. The van der Waals surface area contributed by atoms with E-state index in [2.05, 4.69) is 45.7 Å². The van der Waals surface area contributed by atoms with E-state index in [-0.39, 0.29) is 0 Å². The SMILES string of the molecule is CCC(C)NCCNCCNCCNCCNCCNCCN. The van der Waals surface area contributed by atoms with Crippen molar-refractivity contribution in [3.63, 3.8) is 0 Å². The number of nitrogens with one attached hydrogen (secondary N) is 6. The Hall–Kier alpha value is -0.280. The highest BCUT2D eigenvalue weighted by Crippen LogP contribution is 1.84. The molecule has 140 valence electrons. The van der Waals surface area contributed by atoms with Gasteiger partial charge in [0.2, 0.25) is 0 Å². The predicted octanol–water partition coefficient (Wildman–Crippen LogP) is -1.72. The molecule has 1 unspecified atom stereocenters. The first kappa shape index (κ1) is 22.7. The van der Waals surface area contributed by atoms with E-state index in [4.69, 9.17) is 5.73 Å². The molecule has 8 N–H and O–H groups in total. The maximum Gasteiger partial charge on any atom is 0.00792 e. The van der Waals surface area contributed by atoms with Crippen LogP contribution in [0.1, 0.15) is 20.3 Å². The summed E-state index contributed by atoms with van der Waals surface area (Å²) in [6.45, 7) is 16.2. The molecule has 0 aromatic rings. The summed E-state index contributed by atoms with van der Waals surface area (Å²) < 4.78 is 0. The summed E-state index contributed by atoms with van der Waals surface area (Å²) in [5.74, 6) is 0. The van der Waals surface area contributed by atoms with E-state index >= 15 is 0 Å². The van der Waals surface area contributed by atoms with Gasteiger partial charge in [0.05, 0.1) is 0 Å². The molecular formula is C16H41N7. The van der Waals surface area contributed by atoms with Crippen molar-refractivity contribution in [3.05, 3.63) is 0 Å². The molecular weight excluding hydrogens is 290 g/mol. The molecule has 0 spiro atoms. The Morgan fingerprint density at radius 3 is 1.30 bits per heavy atom. The fraction of sp³-hybridized carbons (Fsp3) is 1.00. The molecule has 0 saturated carbocycles. The summed E-state index contributed by atoms with van der Waals surface area (Å²) in [5.41, 5.74) is 5.40. The van der Waals surface area contributed by atoms with Gasteiger partial charge >= 0.3 is 0 Å². The average molecular weight is 332 g/mol. The molecule has 0 aliphatic rings. The van der Waals surface area contributed by atoms with Gasteiger partial charge in [-0.15, -0.1) is 0 Å². The third kappa shape index (κ3) is 19.7. The molecule has 0 aliphatic carbocycles. The lowest BCUT2D eigenvalue weighted by molar-refractivity contribution is 0.510. The zero-order valence-electron chi connectivity index (χ0n) is 15.3. The lowest BCUT2D eigenvalue weighted by atomic mass is 10.3. The third-order valence-corrected chi connectivity index (χ3v) is 3.64. The number of hydrogen-bond donors (Lipinski definition) is 7. The van der Waals surface area contributed by atoms with Gasteiger partial charge in [0, 0.05) is 84.6 Å². The highest BCUT2D eigenvalue weighted by atomic mass is 15.0. The highest BCUT2D eigenvalue weighted by Gasteiger charge is 1.95. The molecule has 0 amide bonds. The van der Waals surface area contributed by atoms with Crippen LogP contribution in [0.4, 0.5) is 0 Å². The molecule has 0 saturated heterocycles. The summed E-state index contributed by atoms with van der Waals surface area (Å²) >= 11 is 0. The van der Waals surface area contributed by atoms with Crippen LogP contribution in [0.15, 0.2) is 0 Å². The van der Waals surface area contributed by atoms with Gasteiger partial charge in [0.25, 0.3) is 0 Å². The van der Waals surface area contributed by atoms with Crippen LogP contribution in [0.5, 0.6) is 0 Å². The summed E-state index contributed by atoms with van der Waals surface area (Å²) in [7, 11) is 0. The summed E-state index contributed by atoms with van der Waals surface area (Å²) in [6, 6.07) is 0.623. The Morgan fingerprint density at radius 1 is 0.609 bits per heavy atom. The Labute approximate surface area is 143 Å². The number of hydrogen-bond acceptors (Lipinski definition) is 7.